The fourth-order valence-corrected chi connectivity index (χ4v) is 3.07. The molecule has 0 atom stereocenters. The highest BCUT2D eigenvalue weighted by Gasteiger charge is 2.11. The SMILES string of the molecule is Cc1ccc(C)c2c(-c3ccccc3)nsc12. The van der Waals surface area contributed by atoms with Crippen LogP contribution in [-0.4, -0.2) is 4.37 Å². The second-order valence-corrected chi connectivity index (χ2v) is 5.07. The summed E-state index contributed by atoms with van der Waals surface area (Å²) in [5, 5.41) is 1.31. The minimum absolute atomic E-state index is 1.12. The Labute approximate surface area is 105 Å². The van der Waals surface area contributed by atoms with Gasteiger partial charge in [0.05, 0.1) is 10.4 Å². The Kier molecular flexibility index (Phi) is 2.45. The van der Waals surface area contributed by atoms with Crippen LogP contribution in [0.3, 0.4) is 0 Å². The van der Waals surface area contributed by atoms with E-state index in [9.17, 15) is 0 Å². The van der Waals surface area contributed by atoms with E-state index in [2.05, 4.69) is 54.6 Å². The number of fused-ring (bicyclic) bond motifs is 1. The maximum absolute atomic E-state index is 4.63. The third kappa shape index (κ3) is 1.65. The topological polar surface area (TPSA) is 12.9 Å². The molecule has 0 saturated carbocycles. The van der Waals surface area contributed by atoms with Crippen LogP contribution in [0.2, 0.25) is 0 Å². The van der Waals surface area contributed by atoms with Gasteiger partial charge in [-0.2, -0.15) is 4.37 Å². The maximum Gasteiger partial charge on any atom is 0.0922 e. The lowest BCUT2D eigenvalue weighted by Crippen LogP contribution is -1.82. The molecule has 3 aromatic rings. The molecule has 0 unspecified atom stereocenters. The number of benzene rings is 2. The Balaban J connectivity index is 2.36. The smallest absolute Gasteiger partial charge is 0.0922 e. The van der Waals surface area contributed by atoms with E-state index in [4.69, 9.17) is 0 Å². The number of aryl methyl sites for hydroxylation is 2. The lowest BCUT2D eigenvalue weighted by Gasteiger charge is -2.02. The first-order chi connectivity index (χ1) is 8.27. The van der Waals surface area contributed by atoms with Crippen molar-refractivity contribution in [1.82, 2.24) is 4.37 Å². The van der Waals surface area contributed by atoms with Crippen molar-refractivity contribution >= 4 is 21.6 Å². The minimum atomic E-state index is 1.12. The molecule has 2 aromatic carbocycles. The lowest BCUT2D eigenvalue weighted by molar-refractivity contribution is 1.47. The molecule has 2 heteroatoms. The molecule has 0 aliphatic heterocycles. The molecule has 0 saturated heterocycles. The van der Waals surface area contributed by atoms with E-state index in [1.54, 1.807) is 11.5 Å². The molecule has 0 radical (unpaired) electrons. The molecule has 17 heavy (non-hydrogen) atoms. The Bertz CT molecular complexity index is 668. The van der Waals surface area contributed by atoms with Gasteiger partial charge in [0.2, 0.25) is 0 Å². The summed E-state index contributed by atoms with van der Waals surface area (Å²) in [7, 11) is 0. The first-order valence-electron chi connectivity index (χ1n) is 5.68. The number of rotatable bonds is 1. The van der Waals surface area contributed by atoms with E-state index in [1.165, 1.54) is 26.8 Å². The van der Waals surface area contributed by atoms with Gasteiger partial charge in [0.15, 0.2) is 0 Å². The molecule has 1 nitrogen and oxygen atoms in total. The standard InChI is InChI=1S/C15H13NS/c1-10-8-9-11(2)15-13(10)14(16-17-15)12-6-4-3-5-7-12/h3-9H,1-2H3. The molecule has 0 fully saturated rings. The molecular weight excluding hydrogens is 226 g/mol. The fraction of sp³-hybridized carbons (Fsp3) is 0.133. The molecule has 0 N–H and O–H groups in total. The van der Waals surface area contributed by atoms with Crippen LogP contribution in [0, 0.1) is 13.8 Å². The van der Waals surface area contributed by atoms with Gasteiger partial charge in [-0.25, -0.2) is 0 Å². The predicted molar refractivity (Wildman–Crippen MR) is 74.5 cm³/mol. The minimum Gasteiger partial charge on any atom is -0.191 e. The van der Waals surface area contributed by atoms with Crippen molar-refractivity contribution in [2.75, 3.05) is 0 Å². The average Bonchev–Trinajstić information content (AvgIpc) is 2.81. The van der Waals surface area contributed by atoms with Crippen molar-refractivity contribution in [2.24, 2.45) is 0 Å². The molecular formula is C15H13NS. The molecule has 0 amide bonds. The Morgan fingerprint density at radius 1 is 0.882 bits per heavy atom. The van der Waals surface area contributed by atoms with E-state index in [1.807, 2.05) is 6.07 Å². The molecule has 0 spiro atoms. The highest BCUT2D eigenvalue weighted by molar-refractivity contribution is 7.14. The van der Waals surface area contributed by atoms with Gasteiger partial charge in [-0.1, -0.05) is 42.5 Å². The summed E-state index contributed by atoms with van der Waals surface area (Å²) >= 11 is 1.60. The fourth-order valence-electron chi connectivity index (χ4n) is 2.13. The predicted octanol–water partition coefficient (Wildman–Crippen LogP) is 4.58. The van der Waals surface area contributed by atoms with Crippen LogP contribution in [0.25, 0.3) is 21.3 Å². The van der Waals surface area contributed by atoms with Gasteiger partial charge < -0.3 is 0 Å². The first kappa shape index (κ1) is 10.5. The van der Waals surface area contributed by atoms with Gasteiger partial charge in [0.1, 0.15) is 0 Å². The molecule has 1 heterocycles. The third-order valence-electron chi connectivity index (χ3n) is 3.08. The van der Waals surface area contributed by atoms with Crippen LogP contribution in [0.4, 0.5) is 0 Å². The van der Waals surface area contributed by atoms with E-state index in [0.29, 0.717) is 0 Å². The number of nitrogens with zero attached hydrogens (tertiary/aromatic N) is 1. The van der Waals surface area contributed by atoms with Gasteiger partial charge >= 0.3 is 0 Å². The highest BCUT2D eigenvalue weighted by atomic mass is 32.1. The average molecular weight is 239 g/mol. The molecule has 3 rings (SSSR count). The maximum atomic E-state index is 4.63. The van der Waals surface area contributed by atoms with Gasteiger partial charge in [0.25, 0.3) is 0 Å². The molecule has 0 aliphatic carbocycles. The summed E-state index contributed by atoms with van der Waals surface area (Å²) in [6.45, 7) is 4.30. The molecule has 0 bridgehead atoms. The number of hydrogen-bond acceptors (Lipinski definition) is 2. The number of aromatic nitrogens is 1. The highest BCUT2D eigenvalue weighted by Crippen LogP contribution is 2.34. The van der Waals surface area contributed by atoms with Gasteiger partial charge in [-0.05, 0) is 36.5 Å². The summed E-state index contributed by atoms with van der Waals surface area (Å²) in [5.41, 5.74) is 4.93. The molecule has 1 aromatic heterocycles. The summed E-state index contributed by atoms with van der Waals surface area (Å²) in [6, 6.07) is 14.8. The zero-order valence-electron chi connectivity index (χ0n) is 9.90. The van der Waals surface area contributed by atoms with Crippen molar-refractivity contribution in [3.05, 3.63) is 53.6 Å². The second-order valence-electron chi connectivity index (χ2n) is 4.30. The zero-order valence-corrected chi connectivity index (χ0v) is 10.7. The van der Waals surface area contributed by atoms with Crippen molar-refractivity contribution in [2.45, 2.75) is 13.8 Å². The second kappa shape index (κ2) is 3.97. The van der Waals surface area contributed by atoms with Crippen molar-refractivity contribution in [3.8, 4) is 11.3 Å². The van der Waals surface area contributed by atoms with E-state index >= 15 is 0 Å². The van der Waals surface area contributed by atoms with E-state index in [-0.39, 0.29) is 0 Å². The lowest BCUT2D eigenvalue weighted by atomic mass is 10.0. The van der Waals surface area contributed by atoms with Gasteiger partial charge in [-0.3, -0.25) is 0 Å². The van der Waals surface area contributed by atoms with Crippen molar-refractivity contribution < 1.29 is 0 Å². The Hall–Kier alpha value is -1.67. The van der Waals surface area contributed by atoms with Crippen LogP contribution in [0.5, 0.6) is 0 Å². The summed E-state index contributed by atoms with van der Waals surface area (Å²) in [5.74, 6) is 0. The van der Waals surface area contributed by atoms with Crippen LogP contribution in [0.1, 0.15) is 11.1 Å². The largest absolute Gasteiger partial charge is 0.191 e. The number of hydrogen-bond donors (Lipinski definition) is 0. The first-order valence-corrected chi connectivity index (χ1v) is 6.46. The Morgan fingerprint density at radius 3 is 2.35 bits per heavy atom. The molecule has 84 valence electrons. The third-order valence-corrected chi connectivity index (χ3v) is 4.06. The van der Waals surface area contributed by atoms with Gasteiger partial charge in [-0.15, -0.1) is 0 Å². The van der Waals surface area contributed by atoms with Crippen molar-refractivity contribution in [1.29, 1.82) is 0 Å². The monoisotopic (exact) mass is 239 g/mol. The summed E-state index contributed by atoms with van der Waals surface area (Å²) < 4.78 is 5.94. The van der Waals surface area contributed by atoms with Crippen LogP contribution >= 0.6 is 11.5 Å². The normalized spacial score (nSPS) is 10.9. The molecule has 0 aliphatic rings. The zero-order chi connectivity index (χ0) is 11.8. The summed E-state index contributed by atoms with van der Waals surface area (Å²) in [6.07, 6.45) is 0. The Morgan fingerprint density at radius 2 is 1.59 bits per heavy atom. The van der Waals surface area contributed by atoms with Crippen LogP contribution < -0.4 is 0 Å². The quantitative estimate of drug-likeness (QED) is 0.605. The van der Waals surface area contributed by atoms with Crippen LogP contribution in [-0.2, 0) is 0 Å². The summed E-state index contributed by atoms with van der Waals surface area (Å²) in [4.78, 5) is 0. The van der Waals surface area contributed by atoms with Crippen LogP contribution in [0.15, 0.2) is 42.5 Å². The van der Waals surface area contributed by atoms with E-state index in [0.717, 1.165) is 5.69 Å². The van der Waals surface area contributed by atoms with Crippen molar-refractivity contribution in [3.63, 3.8) is 0 Å². The van der Waals surface area contributed by atoms with Gasteiger partial charge in [0, 0.05) is 10.9 Å². The van der Waals surface area contributed by atoms with E-state index < -0.39 is 0 Å².